The van der Waals surface area contributed by atoms with Crippen molar-refractivity contribution in [3.05, 3.63) is 48.0 Å². The smallest absolute Gasteiger partial charge is 0.210 e. The van der Waals surface area contributed by atoms with E-state index in [-0.39, 0.29) is 21.3 Å². The summed E-state index contributed by atoms with van der Waals surface area (Å²) in [4.78, 5) is -0.212. The molecule has 0 unspecified atom stereocenters. The van der Waals surface area contributed by atoms with Gasteiger partial charge in [-0.05, 0) is 42.8 Å². The van der Waals surface area contributed by atoms with Gasteiger partial charge in [-0.25, -0.2) is 8.42 Å². The quantitative estimate of drug-likeness (QED) is 0.872. The van der Waals surface area contributed by atoms with Crippen LogP contribution in [0.4, 0.5) is 0 Å². The van der Waals surface area contributed by atoms with Crippen LogP contribution < -0.4 is 0 Å². The zero-order chi connectivity index (χ0) is 13.3. The van der Waals surface area contributed by atoms with E-state index in [4.69, 9.17) is 0 Å². The van der Waals surface area contributed by atoms with Crippen LogP contribution in [-0.2, 0) is 9.84 Å². The molecule has 2 N–H and O–H groups in total. The highest BCUT2D eigenvalue weighted by Crippen LogP contribution is 2.30. The molecule has 0 aliphatic carbocycles. The molecule has 4 nitrogen and oxygen atoms in total. The summed E-state index contributed by atoms with van der Waals surface area (Å²) in [6.07, 6.45) is 0. The molecular formula is C13H12O4S. The van der Waals surface area contributed by atoms with E-state index in [0.29, 0.717) is 5.56 Å². The highest BCUT2D eigenvalue weighted by Gasteiger charge is 2.21. The number of para-hydroxylation sites is 1. The van der Waals surface area contributed by atoms with Gasteiger partial charge in [0, 0.05) is 0 Å². The molecule has 0 saturated heterocycles. The van der Waals surface area contributed by atoms with Crippen LogP contribution in [0.3, 0.4) is 0 Å². The van der Waals surface area contributed by atoms with E-state index in [0.717, 1.165) is 6.07 Å². The zero-order valence-corrected chi connectivity index (χ0v) is 10.5. The number of phenolic OH excluding ortho intramolecular Hbond substituents is 2. The summed E-state index contributed by atoms with van der Waals surface area (Å²) in [6, 6.07) is 9.77. The lowest BCUT2D eigenvalue weighted by atomic mass is 10.2. The lowest BCUT2D eigenvalue weighted by Crippen LogP contribution is -2.02. The maximum Gasteiger partial charge on any atom is 0.210 e. The predicted octanol–water partition coefficient (Wildman–Crippen LogP) is 2.24. The fraction of sp³-hybridized carbons (Fsp3) is 0.0769. The Labute approximate surface area is 105 Å². The van der Waals surface area contributed by atoms with Crippen LogP contribution in [0.5, 0.6) is 11.5 Å². The largest absolute Gasteiger partial charge is 0.508 e. The first kappa shape index (κ1) is 12.4. The molecule has 5 heteroatoms. The molecule has 0 bridgehead atoms. The minimum Gasteiger partial charge on any atom is -0.508 e. The summed E-state index contributed by atoms with van der Waals surface area (Å²) >= 11 is 0. The van der Waals surface area contributed by atoms with E-state index in [1.54, 1.807) is 13.0 Å². The van der Waals surface area contributed by atoms with E-state index >= 15 is 0 Å². The molecule has 0 heterocycles. The molecule has 2 aromatic rings. The average Bonchev–Trinajstić information content (AvgIpc) is 2.28. The molecular weight excluding hydrogens is 252 g/mol. The van der Waals surface area contributed by atoms with Crippen molar-refractivity contribution in [3.63, 3.8) is 0 Å². The maximum atomic E-state index is 12.3. The number of benzene rings is 2. The number of aromatic hydroxyl groups is 2. The Morgan fingerprint density at radius 2 is 1.67 bits per heavy atom. The molecule has 0 spiro atoms. The van der Waals surface area contributed by atoms with Crippen molar-refractivity contribution in [1.82, 2.24) is 0 Å². The van der Waals surface area contributed by atoms with Crippen LogP contribution in [0.1, 0.15) is 5.56 Å². The van der Waals surface area contributed by atoms with Gasteiger partial charge in [-0.15, -0.1) is 0 Å². The van der Waals surface area contributed by atoms with E-state index < -0.39 is 9.84 Å². The molecule has 18 heavy (non-hydrogen) atoms. The highest BCUT2D eigenvalue weighted by atomic mass is 32.2. The van der Waals surface area contributed by atoms with Crippen molar-refractivity contribution in [2.24, 2.45) is 0 Å². The van der Waals surface area contributed by atoms with Gasteiger partial charge < -0.3 is 10.2 Å². The maximum absolute atomic E-state index is 12.3. The lowest BCUT2D eigenvalue weighted by Gasteiger charge is -2.07. The van der Waals surface area contributed by atoms with Gasteiger partial charge in [0.05, 0.1) is 4.90 Å². The summed E-state index contributed by atoms with van der Waals surface area (Å²) in [5.41, 5.74) is 0.629. The second-order valence-electron chi connectivity index (χ2n) is 3.98. The van der Waals surface area contributed by atoms with Crippen molar-refractivity contribution in [3.8, 4) is 11.5 Å². The topological polar surface area (TPSA) is 74.6 Å². The van der Waals surface area contributed by atoms with Crippen LogP contribution in [0.25, 0.3) is 0 Å². The Balaban J connectivity index is 2.66. The van der Waals surface area contributed by atoms with Crippen LogP contribution in [0.15, 0.2) is 52.3 Å². The van der Waals surface area contributed by atoms with Crippen LogP contribution in [-0.4, -0.2) is 18.6 Å². The Morgan fingerprint density at radius 1 is 1.00 bits per heavy atom. The number of aryl methyl sites for hydroxylation is 1. The van der Waals surface area contributed by atoms with E-state index in [1.807, 2.05) is 0 Å². The van der Waals surface area contributed by atoms with Gasteiger partial charge in [0.1, 0.15) is 16.4 Å². The zero-order valence-electron chi connectivity index (χ0n) is 9.66. The van der Waals surface area contributed by atoms with Gasteiger partial charge in [-0.3, -0.25) is 0 Å². The molecule has 2 rings (SSSR count). The highest BCUT2D eigenvalue weighted by molar-refractivity contribution is 7.91. The predicted molar refractivity (Wildman–Crippen MR) is 66.4 cm³/mol. The van der Waals surface area contributed by atoms with E-state index in [9.17, 15) is 18.6 Å². The first-order valence-electron chi connectivity index (χ1n) is 5.25. The van der Waals surface area contributed by atoms with Crippen LogP contribution >= 0.6 is 0 Å². The van der Waals surface area contributed by atoms with Crippen molar-refractivity contribution in [2.75, 3.05) is 0 Å². The molecule has 2 aromatic carbocycles. The first-order valence-corrected chi connectivity index (χ1v) is 6.73. The third kappa shape index (κ3) is 2.17. The summed E-state index contributed by atoms with van der Waals surface area (Å²) in [7, 11) is -3.82. The minimum atomic E-state index is -3.82. The van der Waals surface area contributed by atoms with Gasteiger partial charge in [0.25, 0.3) is 0 Å². The van der Waals surface area contributed by atoms with E-state index in [1.165, 1.54) is 30.3 Å². The van der Waals surface area contributed by atoms with Gasteiger partial charge in [0.2, 0.25) is 9.84 Å². The SMILES string of the molecule is Cc1cc(O)cc(S(=O)(=O)c2ccccc2O)c1. The van der Waals surface area contributed by atoms with E-state index in [2.05, 4.69) is 0 Å². The summed E-state index contributed by atoms with van der Waals surface area (Å²) in [5.74, 6) is -0.428. The molecule has 0 atom stereocenters. The Kier molecular flexibility index (Phi) is 3.00. The van der Waals surface area contributed by atoms with Crippen molar-refractivity contribution >= 4 is 9.84 Å². The first-order chi connectivity index (χ1) is 8.41. The Morgan fingerprint density at radius 3 is 2.28 bits per heavy atom. The van der Waals surface area contributed by atoms with Gasteiger partial charge in [-0.1, -0.05) is 12.1 Å². The fourth-order valence-corrected chi connectivity index (χ4v) is 3.17. The van der Waals surface area contributed by atoms with Crippen molar-refractivity contribution in [1.29, 1.82) is 0 Å². The minimum absolute atomic E-state index is 0.0403. The van der Waals surface area contributed by atoms with Crippen molar-refractivity contribution in [2.45, 2.75) is 16.7 Å². The fourth-order valence-electron chi connectivity index (χ4n) is 1.69. The third-order valence-corrected chi connectivity index (χ3v) is 4.28. The molecule has 0 saturated carbocycles. The number of phenols is 2. The van der Waals surface area contributed by atoms with Crippen LogP contribution in [0, 0.1) is 6.92 Å². The number of hydrogen-bond acceptors (Lipinski definition) is 4. The molecule has 0 amide bonds. The monoisotopic (exact) mass is 264 g/mol. The number of hydrogen-bond donors (Lipinski definition) is 2. The Bertz CT molecular complexity index is 670. The van der Waals surface area contributed by atoms with Crippen LogP contribution in [0.2, 0.25) is 0 Å². The van der Waals surface area contributed by atoms with Crippen molar-refractivity contribution < 1.29 is 18.6 Å². The normalized spacial score (nSPS) is 11.4. The molecule has 0 aliphatic rings. The Hall–Kier alpha value is -2.01. The molecule has 0 aliphatic heterocycles. The second kappa shape index (κ2) is 4.34. The lowest BCUT2D eigenvalue weighted by molar-refractivity contribution is 0.458. The van der Waals surface area contributed by atoms with Gasteiger partial charge in [0.15, 0.2) is 0 Å². The molecule has 0 aromatic heterocycles. The summed E-state index contributed by atoms with van der Waals surface area (Å²) in [6.45, 7) is 1.68. The molecule has 94 valence electrons. The molecule has 0 fully saturated rings. The molecule has 0 radical (unpaired) electrons. The third-order valence-electron chi connectivity index (χ3n) is 2.50. The average molecular weight is 264 g/mol. The number of rotatable bonds is 2. The number of sulfone groups is 1. The summed E-state index contributed by atoms with van der Waals surface area (Å²) < 4.78 is 24.6. The standard InChI is InChI=1S/C13H12O4S/c1-9-6-10(14)8-11(7-9)18(16,17)13-5-3-2-4-12(13)15/h2-8,14-15H,1H3. The van der Waals surface area contributed by atoms with Gasteiger partial charge in [-0.2, -0.15) is 0 Å². The summed E-state index contributed by atoms with van der Waals surface area (Å²) in [5, 5.41) is 19.1. The second-order valence-corrected chi connectivity index (χ2v) is 5.89. The van der Waals surface area contributed by atoms with Gasteiger partial charge >= 0.3 is 0 Å².